The second-order valence-corrected chi connectivity index (χ2v) is 15.9. The summed E-state index contributed by atoms with van der Waals surface area (Å²) in [7, 11) is 1.24. The Balaban J connectivity index is 4.71. The second kappa shape index (κ2) is 34.0. The van der Waals surface area contributed by atoms with Crippen molar-refractivity contribution in [3.05, 3.63) is 36.5 Å². The predicted octanol–water partition coefficient (Wildman–Crippen LogP) is 10.1. The molecule has 9 nitrogen and oxygen atoms in total. The molecule has 0 aromatic carbocycles. The normalized spacial score (nSPS) is 14.5. The van der Waals surface area contributed by atoms with Crippen molar-refractivity contribution < 1.29 is 42.1 Å². The van der Waals surface area contributed by atoms with Crippen molar-refractivity contribution in [2.75, 3.05) is 47.6 Å². The molecule has 0 aromatic heterocycles. The minimum atomic E-state index is -3.90. The van der Waals surface area contributed by atoms with Crippen molar-refractivity contribution in [2.45, 2.75) is 168 Å². The Kier molecular flexibility index (Phi) is 32.8. The van der Waals surface area contributed by atoms with Crippen molar-refractivity contribution >= 4 is 19.8 Å². The lowest BCUT2D eigenvalue weighted by molar-refractivity contribution is -0.858. The fourth-order valence-electron chi connectivity index (χ4n) is 5.15. The molecule has 1 unspecified atom stereocenters. The Morgan fingerprint density at radius 1 is 0.608 bits per heavy atom. The highest BCUT2D eigenvalue weighted by atomic mass is 31.2. The number of carbonyl (C=O) groups is 2. The molecule has 0 saturated carbocycles. The molecule has 10 heteroatoms. The lowest BCUT2D eigenvalue weighted by Gasteiger charge is -2.30. The smallest absolute Gasteiger partial charge is 0.461 e. The van der Waals surface area contributed by atoms with Gasteiger partial charge in [0.05, 0.1) is 14.1 Å². The van der Waals surface area contributed by atoms with Gasteiger partial charge in [-0.25, -0.2) is 4.57 Å². The van der Waals surface area contributed by atoms with E-state index in [1.807, 2.05) is 20.2 Å². The maximum absolute atomic E-state index is 13.1. The van der Waals surface area contributed by atoms with E-state index in [1.165, 1.54) is 64.9 Å². The van der Waals surface area contributed by atoms with Crippen molar-refractivity contribution in [2.24, 2.45) is 0 Å². The molecule has 0 heterocycles. The molecule has 0 spiro atoms. The van der Waals surface area contributed by atoms with E-state index in [9.17, 15) is 14.2 Å². The van der Waals surface area contributed by atoms with Gasteiger partial charge in [0.1, 0.15) is 26.4 Å². The van der Waals surface area contributed by atoms with Crippen LogP contribution < -0.4 is 4.90 Å². The van der Waals surface area contributed by atoms with Crippen LogP contribution >= 0.6 is 7.82 Å². The SMILES string of the molecule is CCCCCC/C=C\CCC/C=C/CCC(=O)O[C@](C)(COC(=O)CCCCCCC/C=C\CCCCCC)COP(=O)(OC)OCC[NH+](C)C. The third-order valence-electron chi connectivity index (χ3n) is 8.46. The summed E-state index contributed by atoms with van der Waals surface area (Å²) in [6, 6.07) is 0. The number of carbonyl (C=O) groups excluding carboxylic acids is 2. The lowest BCUT2D eigenvalue weighted by Crippen LogP contribution is -3.06. The molecule has 0 amide bonds. The molecule has 0 radical (unpaired) electrons. The first-order valence-electron chi connectivity index (χ1n) is 20.2. The molecule has 0 aromatic rings. The number of quaternary nitrogens is 1. The monoisotopic (exact) mass is 743 g/mol. The summed E-state index contributed by atoms with van der Waals surface area (Å²) in [5, 5.41) is 0. The molecule has 2 atom stereocenters. The van der Waals surface area contributed by atoms with Gasteiger partial charge in [0.2, 0.25) is 0 Å². The summed E-state index contributed by atoms with van der Waals surface area (Å²) in [6.07, 6.45) is 36.2. The van der Waals surface area contributed by atoms with Gasteiger partial charge >= 0.3 is 19.8 Å². The molecule has 1 N–H and O–H groups in total. The molecule has 0 aliphatic heterocycles. The van der Waals surface area contributed by atoms with Gasteiger partial charge in [-0.3, -0.25) is 23.2 Å². The highest BCUT2D eigenvalue weighted by molar-refractivity contribution is 7.48. The van der Waals surface area contributed by atoms with Crippen molar-refractivity contribution in [3.63, 3.8) is 0 Å². The van der Waals surface area contributed by atoms with Crippen LogP contribution in [0.25, 0.3) is 0 Å². The average Bonchev–Trinajstić information content (AvgIpc) is 3.10. The minimum Gasteiger partial charge on any atom is -0.461 e. The number of esters is 2. The number of phosphoric acid groups is 1. The fourth-order valence-corrected chi connectivity index (χ4v) is 6.18. The molecule has 0 bridgehead atoms. The maximum Gasteiger partial charge on any atom is 0.474 e. The van der Waals surface area contributed by atoms with Crippen LogP contribution in [0.3, 0.4) is 0 Å². The van der Waals surface area contributed by atoms with Gasteiger partial charge < -0.3 is 14.4 Å². The zero-order valence-electron chi connectivity index (χ0n) is 33.6. The highest BCUT2D eigenvalue weighted by Crippen LogP contribution is 2.49. The van der Waals surface area contributed by atoms with Crippen LogP contribution in [0.5, 0.6) is 0 Å². The van der Waals surface area contributed by atoms with Gasteiger partial charge in [-0.1, -0.05) is 108 Å². The van der Waals surface area contributed by atoms with Crippen LogP contribution in [0.2, 0.25) is 0 Å². The standard InChI is InChI=1S/C41H76NO8P/c1-7-9-11-13-15-17-19-21-23-25-27-29-31-33-39(43)47-37-41(3,38-49-51(45,46-6)48-36-35-42(4)5)50-40(44)34-32-30-28-26-24-22-20-18-16-14-12-10-8-2/h17-20,28,30H,7-16,21-27,29,31-38H2,1-6H3/p+1/b19-17-,20-18-,30-28+/t41-,51?/m1/s1. The van der Waals surface area contributed by atoms with E-state index < -0.39 is 19.4 Å². The summed E-state index contributed by atoms with van der Waals surface area (Å²) in [5.41, 5.74) is -1.37. The van der Waals surface area contributed by atoms with E-state index in [1.54, 1.807) is 6.92 Å². The van der Waals surface area contributed by atoms with Crippen LogP contribution in [0.1, 0.15) is 162 Å². The molecular formula is C41H77NO8P+. The van der Waals surface area contributed by atoms with Gasteiger partial charge in [-0.05, 0) is 77.6 Å². The number of ether oxygens (including phenoxy) is 2. The number of rotatable bonds is 36. The summed E-state index contributed by atoms with van der Waals surface area (Å²) in [5.74, 6) is -0.818. The molecule has 51 heavy (non-hydrogen) atoms. The van der Waals surface area contributed by atoms with E-state index in [-0.39, 0.29) is 38.6 Å². The van der Waals surface area contributed by atoms with Gasteiger partial charge in [0.25, 0.3) is 0 Å². The van der Waals surface area contributed by atoms with E-state index in [2.05, 4.69) is 44.2 Å². The first-order valence-corrected chi connectivity index (χ1v) is 21.6. The molecule has 0 aliphatic carbocycles. The Labute approximate surface area is 312 Å². The first-order chi connectivity index (χ1) is 24.6. The zero-order valence-corrected chi connectivity index (χ0v) is 34.5. The molecule has 0 fully saturated rings. The van der Waals surface area contributed by atoms with Crippen LogP contribution in [0, 0.1) is 0 Å². The Morgan fingerprint density at radius 2 is 1.10 bits per heavy atom. The van der Waals surface area contributed by atoms with E-state index >= 15 is 0 Å². The molecular weight excluding hydrogens is 665 g/mol. The van der Waals surface area contributed by atoms with Gasteiger partial charge in [-0.15, -0.1) is 0 Å². The summed E-state index contributed by atoms with van der Waals surface area (Å²) >= 11 is 0. The molecule has 0 saturated heterocycles. The van der Waals surface area contributed by atoms with Crippen LogP contribution in [-0.4, -0.2) is 65.1 Å². The quantitative estimate of drug-likeness (QED) is 0.0293. The number of nitrogens with one attached hydrogen (secondary N) is 1. The van der Waals surface area contributed by atoms with Crippen molar-refractivity contribution in [1.82, 2.24) is 0 Å². The Morgan fingerprint density at radius 3 is 1.63 bits per heavy atom. The average molecular weight is 743 g/mol. The van der Waals surface area contributed by atoms with Gasteiger partial charge in [0.15, 0.2) is 5.60 Å². The zero-order chi connectivity index (χ0) is 37.9. The number of allylic oxidation sites excluding steroid dienone is 6. The number of unbranched alkanes of at least 4 members (excludes halogenated alkanes) is 15. The van der Waals surface area contributed by atoms with E-state index in [0.717, 1.165) is 69.1 Å². The molecule has 0 aliphatic rings. The molecule has 298 valence electrons. The van der Waals surface area contributed by atoms with Crippen molar-refractivity contribution in [1.29, 1.82) is 0 Å². The number of hydrogen-bond donors (Lipinski definition) is 1. The second-order valence-electron chi connectivity index (χ2n) is 14.2. The van der Waals surface area contributed by atoms with Gasteiger partial charge in [-0.2, -0.15) is 0 Å². The first kappa shape index (κ1) is 49.2. The Hall–Kier alpha value is -1.77. The van der Waals surface area contributed by atoms with E-state index in [4.69, 9.17) is 23.0 Å². The lowest BCUT2D eigenvalue weighted by atomic mass is 10.1. The van der Waals surface area contributed by atoms with Crippen LogP contribution in [0.15, 0.2) is 36.5 Å². The summed E-state index contributed by atoms with van der Waals surface area (Å²) in [4.78, 5) is 26.6. The van der Waals surface area contributed by atoms with E-state index in [0.29, 0.717) is 13.0 Å². The number of likely N-dealkylation sites (N-methyl/N-ethyl adjacent to an activating group) is 1. The fraction of sp³-hybridized carbons (Fsp3) is 0.805. The minimum absolute atomic E-state index is 0.163. The summed E-state index contributed by atoms with van der Waals surface area (Å²) < 4.78 is 40.4. The van der Waals surface area contributed by atoms with Crippen LogP contribution in [0.4, 0.5) is 0 Å². The maximum atomic E-state index is 13.1. The number of hydrogen-bond acceptors (Lipinski definition) is 8. The predicted molar refractivity (Wildman–Crippen MR) is 210 cm³/mol. The third-order valence-corrected chi connectivity index (χ3v) is 9.85. The Bertz CT molecular complexity index is 983. The largest absolute Gasteiger partial charge is 0.474 e. The van der Waals surface area contributed by atoms with Gasteiger partial charge in [0, 0.05) is 20.0 Å². The highest BCUT2D eigenvalue weighted by Gasteiger charge is 2.36. The third kappa shape index (κ3) is 32.6. The van der Waals surface area contributed by atoms with Crippen LogP contribution in [-0.2, 0) is 37.2 Å². The summed E-state index contributed by atoms with van der Waals surface area (Å²) in [6.45, 7) is 6.29. The number of phosphoric ester groups is 1. The topological polar surface area (TPSA) is 102 Å². The van der Waals surface area contributed by atoms with Crippen molar-refractivity contribution in [3.8, 4) is 0 Å². The molecule has 0 rings (SSSR count).